The van der Waals surface area contributed by atoms with Crippen LogP contribution >= 0.6 is 45.8 Å². The standard InChI is InChI=1S/C17H13Cl2IN4/c18-11-3-6-13(14(19)7-11)16-8-15(10-1-4-12(20)5-2-10)23-17-21-9-22-24(16)17/h1-7,9,15-16H,8H2,(H,21,22,23)/t15-,16-/m1/s1. The lowest BCUT2D eigenvalue weighted by molar-refractivity contribution is 0.431. The Bertz CT molecular complexity index is 879. The lowest BCUT2D eigenvalue weighted by Crippen LogP contribution is -2.28. The summed E-state index contributed by atoms with van der Waals surface area (Å²) in [6.45, 7) is 0. The van der Waals surface area contributed by atoms with Gasteiger partial charge in [0.25, 0.3) is 0 Å². The van der Waals surface area contributed by atoms with Gasteiger partial charge in [-0.1, -0.05) is 41.4 Å². The van der Waals surface area contributed by atoms with Gasteiger partial charge in [0, 0.05) is 13.6 Å². The molecule has 1 aliphatic rings. The van der Waals surface area contributed by atoms with Crippen LogP contribution in [-0.4, -0.2) is 14.8 Å². The molecule has 0 aliphatic carbocycles. The van der Waals surface area contributed by atoms with Crippen molar-refractivity contribution in [2.24, 2.45) is 0 Å². The number of fused-ring (bicyclic) bond motifs is 1. The normalized spacial score (nSPS) is 19.6. The molecule has 1 aromatic heterocycles. The van der Waals surface area contributed by atoms with Gasteiger partial charge in [-0.25, -0.2) is 4.68 Å². The van der Waals surface area contributed by atoms with Crippen molar-refractivity contribution in [3.8, 4) is 0 Å². The van der Waals surface area contributed by atoms with E-state index in [1.54, 1.807) is 12.4 Å². The largest absolute Gasteiger partial charge is 0.348 e. The lowest BCUT2D eigenvalue weighted by atomic mass is 9.93. The molecule has 122 valence electrons. The number of nitrogens with one attached hydrogen (secondary N) is 1. The molecule has 0 spiro atoms. The molecular formula is C17H13Cl2IN4. The third-order valence-corrected chi connectivity index (χ3v) is 5.51. The molecular weight excluding hydrogens is 458 g/mol. The van der Waals surface area contributed by atoms with Crippen LogP contribution in [0.25, 0.3) is 0 Å². The zero-order valence-corrected chi connectivity index (χ0v) is 16.1. The van der Waals surface area contributed by atoms with E-state index in [0.717, 1.165) is 17.9 Å². The molecule has 0 saturated carbocycles. The van der Waals surface area contributed by atoms with E-state index in [9.17, 15) is 0 Å². The van der Waals surface area contributed by atoms with Crippen LogP contribution in [0.15, 0.2) is 48.8 Å². The van der Waals surface area contributed by atoms with Crippen LogP contribution in [0.4, 0.5) is 5.95 Å². The quantitative estimate of drug-likeness (QED) is 0.514. The summed E-state index contributed by atoms with van der Waals surface area (Å²) >= 11 is 14.8. The van der Waals surface area contributed by atoms with Crippen molar-refractivity contribution in [1.82, 2.24) is 14.8 Å². The molecule has 4 rings (SSSR count). The summed E-state index contributed by atoms with van der Waals surface area (Å²) in [5.74, 6) is 0.751. The average molecular weight is 471 g/mol. The van der Waals surface area contributed by atoms with Crippen LogP contribution in [0.5, 0.6) is 0 Å². The van der Waals surface area contributed by atoms with Gasteiger partial charge in [-0.05, 0) is 64.4 Å². The Morgan fingerprint density at radius 3 is 2.67 bits per heavy atom. The van der Waals surface area contributed by atoms with E-state index in [0.29, 0.717) is 10.0 Å². The van der Waals surface area contributed by atoms with Gasteiger partial charge in [-0.2, -0.15) is 10.1 Å². The second-order valence-corrected chi connectivity index (χ2v) is 7.78. The molecule has 0 fully saturated rings. The zero-order chi connectivity index (χ0) is 16.7. The van der Waals surface area contributed by atoms with Crippen LogP contribution in [0, 0.1) is 3.57 Å². The molecule has 0 unspecified atom stereocenters. The van der Waals surface area contributed by atoms with Crippen molar-refractivity contribution in [1.29, 1.82) is 0 Å². The molecule has 3 aromatic rings. The van der Waals surface area contributed by atoms with Gasteiger partial charge in [0.15, 0.2) is 0 Å². The van der Waals surface area contributed by atoms with Crippen molar-refractivity contribution in [2.75, 3.05) is 5.32 Å². The fraction of sp³-hybridized carbons (Fsp3) is 0.176. The monoisotopic (exact) mass is 470 g/mol. The van der Waals surface area contributed by atoms with Crippen molar-refractivity contribution in [3.05, 3.63) is 73.5 Å². The van der Waals surface area contributed by atoms with Crippen LogP contribution in [0.1, 0.15) is 29.6 Å². The number of aromatic nitrogens is 3. The van der Waals surface area contributed by atoms with Crippen molar-refractivity contribution in [3.63, 3.8) is 0 Å². The summed E-state index contributed by atoms with van der Waals surface area (Å²) in [5.41, 5.74) is 2.23. The molecule has 0 saturated heterocycles. The summed E-state index contributed by atoms with van der Waals surface area (Å²) in [6.07, 6.45) is 2.40. The van der Waals surface area contributed by atoms with Gasteiger partial charge in [0.05, 0.1) is 12.1 Å². The van der Waals surface area contributed by atoms with E-state index < -0.39 is 0 Å². The minimum absolute atomic E-state index is 0.0118. The highest BCUT2D eigenvalue weighted by Gasteiger charge is 2.31. The molecule has 24 heavy (non-hydrogen) atoms. The number of rotatable bonds is 2. The van der Waals surface area contributed by atoms with Gasteiger partial charge in [-0.15, -0.1) is 0 Å². The summed E-state index contributed by atoms with van der Waals surface area (Å²) in [4.78, 5) is 4.34. The Hall–Kier alpha value is -1.31. The van der Waals surface area contributed by atoms with E-state index in [4.69, 9.17) is 23.2 Å². The maximum Gasteiger partial charge on any atom is 0.222 e. The number of hydrogen-bond acceptors (Lipinski definition) is 3. The first-order chi connectivity index (χ1) is 11.6. The van der Waals surface area contributed by atoms with E-state index in [2.05, 4.69) is 62.3 Å². The average Bonchev–Trinajstić information content (AvgIpc) is 3.03. The maximum absolute atomic E-state index is 6.44. The van der Waals surface area contributed by atoms with E-state index >= 15 is 0 Å². The second kappa shape index (κ2) is 6.54. The fourth-order valence-electron chi connectivity index (χ4n) is 3.06. The number of anilines is 1. The maximum atomic E-state index is 6.44. The van der Waals surface area contributed by atoms with Gasteiger partial charge in [-0.3, -0.25) is 0 Å². The SMILES string of the molecule is Clc1ccc([C@H]2C[C@H](c3ccc(I)cc3)Nc3ncnn32)c(Cl)c1. The highest BCUT2D eigenvalue weighted by Crippen LogP contribution is 2.40. The Balaban J connectivity index is 1.75. The minimum atomic E-state index is 0.0118. The fourth-order valence-corrected chi connectivity index (χ4v) is 3.96. The molecule has 2 heterocycles. The topological polar surface area (TPSA) is 42.7 Å². The number of halogens is 3. The molecule has 0 amide bonds. The zero-order valence-electron chi connectivity index (χ0n) is 12.5. The van der Waals surface area contributed by atoms with Crippen molar-refractivity contribution >= 4 is 51.7 Å². The Morgan fingerprint density at radius 1 is 1.12 bits per heavy atom. The molecule has 2 aromatic carbocycles. The number of nitrogens with zero attached hydrogens (tertiary/aromatic N) is 3. The third-order valence-electron chi connectivity index (χ3n) is 4.22. The first-order valence-electron chi connectivity index (χ1n) is 7.48. The summed E-state index contributed by atoms with van der Waals surface area (Å²) in [6, 6.07) is 14.3. The van der Waals surface area contributed by atoms with Crippen LogP contribution in [0.2, 0.25) is 10.0 Å². The van der Waals surface area contributed by atoms with Gasteiger partial charge < -0.3 is 5.32 Å². The van der Waals surface area contributed by atoms with E-state index in [-0.39, 0.29) is 12.1 Å². The molecule has 2 atom stereocenters. The van der Waals surface area contributed by atoms with Crippen LogP contribution in [-0.2, 0) is 0 Å². The summed E-state index contributed by atoms with van der Waals surface area (Å²) in [7, 11) is 0. The Kier molecular flexibility index (Phi) is 4.40. The predicted molar refractivity (Wildman–Crippen MR) is 105 cm³/mol. The number of benzene rings is 2. The minimum Gasteiger partial charge on any atom is -0.348 e. The Morgan fingerprint density at radius 2 is 1.92 bits per heavy atom. The first kappa shape index (κ1) is 16.2. The summed E-state index contributed by atoms with van der Waals surface area (Å²) in [5, 5.41) is 9.11. The van der Waals surface area contributed by atoms with Crippen molar-refractivity contribution in [2.45, 2.75) is 18.5 Å². The van der Waals surface area contributed by atoms with E-state index in [1.165, 1.54) is 9.13 Å². The van der Waals surface area contributed by atoms with Crippen LogP contribution < -0.4 is 5.32 Å². The number of hydrogen-bond donors (Lipinski definition) is 1. The smallest absolute Gasteiger partial charge is 0.222 e. The van der Waals surface area contributed by atoms with Gasteiger partial charge in [0.2, 0.25) is 5.95 Å². The predicted octanol–water partition coefficient (Wildman–Crippen LogP) is 5.34. The van der Waals surface area contributed by atoms with Gasteiger partial charge in [0.1, 0.15) is 6.33 Å². The highest BCUT2D eigenvalue weighted by molar-refractivity contribution is 14.1. The second-order valence-electron chi connectivity index (χ2n) is 5.69. The highest BCUT2D eigenvalue weighted by atomic mass is 127. The lowest BCUT2D eigenvalue weighted by Gasteiger charge is -2.32. The van der Waals surface area contributed by atoms with Crippen molar-refractivity contribution < 1.29 is 0 Å². The Labute approximate surface area is 163 Å². The molecule has 1 N–H and O–H groups in total. The first-order valence-corrected chi connectivity index (χ1v) is 9.32. The molecule has 7 heteroatoms. The molecule has 1 aliphatic heterocycles. The molecule has 0 bridgehead atoms. The summed E-state index contributed by atoms with van der Waals surface area (Å²) < 4.78 is 3.10. The molecule has 0 radical (unpaired) electrons. The van der Waals surface area contributed by atoms with E-state index in [1.807, 2.05) is 16.8 Å². The van der Waals surface area contributed by atoms with Gasteiger partial charge >= 0.3 is 0 Å². The molecule has 4 nitrogen and oxygen atoms in total. The van der Waals surface area contributed by atoms with Crippen LogP contribution in [0.3, 0.4) is 0 Å². The third kappa shape index (κ3) is 3.00.